The fourth-order valence-electron chi connectivity index (χ4n) is 2.41. The molecule has 0 bridgehead atoms. The standard InChI is InChI=1S/C17H14Cl2N2/c1-9-6-11(3)15-13(7-9)16(19)21-17(20-15)12-5-4-10(2)14(18)8-12/h4-8H,1-3H3. The number of halogens is 2. The molecular weight excluding hydrogens is 303 g/mol. The van der Waals surface area contributed by atoms with Crippen LogP contribution >= 0.6 is 23.2 Å². The normalized spacial score (nSPS) is 11.1. The van der Waals surface area contributed by atoms with Gasteiger partial charge in [-0.1, -0.05) is 47.0 Å². The van der Waals surface area contributed by atoms with Crippen LogP contribution in [0.15, 0.2) is 30.3 Å². The zero-order chi connectivity index (χ0) is 15.1. The highest BCUT2D eigenvalue weighted by Gasteiger charge is 2.11. The van der Waals surface area contributed by atoms with E-state index < -0.39 is 0 Å². The molecule has 0 aliphatic carbocycles. The van der Waals surface area contributed by atoms with Crippen molar-refractivity contribution in [2.24, 2.45) is 0 Å². The number of fused-ring (bicyclic) bond motifs is 1. The smallest absolute Gasteiger partial charge is 0.161 e. The third-order valence-electron chi connectivity index (χ3n) is 3.52. The summed E-state index contributed by atoms with van der Waals surface area (Å²) < 4.78 is 0. The van der Waals surface area contributed by atoms with Crippen molar-refractivity contribution in [2.45, 2.75) is 20.8 Å². The third-order valence-corrected chi connectivity index (χ3v) is 4.21. The van der Waals surface area contributed by atoms with E-state index >= 15 is 0 Å². The number of hydrogen-bond donors (Lipinski definition) is 0. The van der Waals surface area contributed by atoms with Crippen LogP contribution in [0.1, 0.15) is 16.7 Å². The summed E-state index contributed by atoms with van der Waals surface area (Å²) in [5.74, 6) is 0.598. The zero-order valence-electron chi connectivity index (χ0n) is 12.0. The molecule has 0 radical (unpaired) electrons. The minimum Gasteiger partial charge on any atom is -0.228 e. The van der Waals surface area contributed by atoms with Crippen molar-refractivity contribution in [3.8, 4) is 11.4 Å². The molecule has 0 amide bonds. The second-order valence-electron chi connectivity index (χ2n) is 5.28. The maximum Gasteiger partial charge on any atom is 0.161 e. The van der Waals surface area contributed by atoms with Crippen LogP contribution in [0.5, 0.6) is 0 Å². The Balaban J connectivity index is 2.27. The van der Waals surface area contributed by atoms with E-state index in [-0.39, 0.29) is 0 Å². The van der Waals surface area contributed by atoms with Crippen molar-refractivity contribution >= 4 is 34.1 Å². The van der Waals surface area contributed by atoms with Gasteiger partial charge in [-0.05, 0) is 44.0 Å². The number of aromatic nitrogens is 2. The molecule has 2 nitrogen and oxygen atoms in total. The number of hydrogen-bond acceptors (Lipinski definition) is 2. The predicted octanol–water partition coefficient (Wildman–Crippen LogP) is 5.53. The zero-order valence-corrected chi connectivity index (χ0v) is 13.5. The molecule has 3 rings (SSSR count). The summed E-state index contributed by atoms with van der Waals surface area (Å²) >= 11 is 12.5. The lowest BCUT2D eigenvalue weighted by Gasteiger charge is -2.09. The van der Waals surface area contributed by atoms with E-state index in [9.17, 15) is 0 Å². The van der Waals surface area contributed by atoms with Crippen molar-refractivity contribution in [1.82, 2.24) is 9.97 Å². The molecule has 1 heterocycles. The Morgan fingerprint density at radius 3 is 2.33 bits per heavy atom. The summed E-state index contributed by atoms with van der Waals surface area (Å²) in [5.41, 5.74) is 5.02. The molecule has 4 heteroatoms. The number of aryl methyl sites for hydroxylation is 3. The Kier molecular flexibility index (Phi) is 3.60. The Morgan fingerprint density at radius 2 is 1.62 bits per heavy atom. The monoisotopic (exact) mass is 316 g/mol. The number of benzene rings is 2. The lowest BCUT2D eigenvalue weighted by molar-refractivity contribution is 1.21. The fraction of sp³-hybridized carbons (Fsp3) is 0.176. The predicted molar refractivity (Wildman–Crippen MR) is 89.2 cm³/mol. The van der Waals surface area contributed by atoms with E-state index in [0.29, 0.717) is 16.0 Å². The van der Waals surface area contributed by atoms with E-state index in [4.69, 9.17) is 23.2 Å². The first-order valence-corrected chi connectivity index (χ1v) is 7.42. The van der Waals surface area contributed by atoms with Crippen molar-refractivity contribution in [2.75, 3.05) is 0 Å². The molecule has 0 saturated carbocycles. The maximum atomic E-state index is 6.34. The molecule has 0 fully saturated rings. The van der Waals surface area contributed by atoms with Gasteiger partial charge in [0.2, 0.25) is 0 Å². The van der Waals surface area contributed by atoms with Crippen molar-refractivity contribution in [1.29, 1.82) is 0 Å². The molecule has 21 heavy (non-hydrogen) atoms. The average Bonchev–Trinajstić information content (AvgIpc) is 2.43. The summed E-state index contributed by atoms with van der Waals surface area (Å²) in [4.78, 5) is 9.08. The van der Waals surface area contributed by atoms with E-state index in [1.54, 1.807) is 0 Å². The lowest BCUT2D eigenvalue weighted by atomic mass is 10.1. The van der Waals surface area contributed by atoms with Crippen LogP contribution in [0.4, 0.5) is 0 Å². The van der Waals surface area contributed by atoms with Crippen molar-refractivity contribution in [3.63, 3.8) is 0 Å². The molecule has 0 saturated heterocycles. The van der Waals surface area contributed by atoms with Crippen LogP contribution in [0.25, 0.3) is 22.3 Å². The van der Waals surface area contributed by atoms with Gasteiger partial charge in [0.05, 0.1) is 5.52 Å². The van der Waals surface area contributed by atoms with Crippen molar-refractivity contribution in [3.05, 3.63) is 57.2 Å². The second-order valence-corrected chi connectivity index (χ2v) is 6.05. The molecule has 0 spiro atoms. The summed E-state index contributed by atoms with van der Waals surface area (Å²) in [6, 6.07) is 9.90. The van der Waals surface area contributed by atoms with Crippen LogP contribution in [-0.4, -0.2) is 9.97 Å². The van der Waals surface area contributed by atoms with Gasteiger partial charge in [-0.3, -0.25) is 0 Å². The third kappa shape index (κ3) is 2.61. The van der Waals surface area contributed by atoms with E-state index in [2.05, 4.69) is 16.0 Å². The highest BCUT2D eigenvalue weighted by atomic mass is 35.5. The largest absolute Gasteiger partial charge is 0.228 e. The molecule has 0 unspecified atom stereocenters. The maximum absolute atomic E-state index is 6.34. The minimum atomic E-state index is 0.471. The fourth-order valence-corrected chi connectivity index (χ4v) is 2.82. The molecule has 2 aromatic carbocycles. The quantitative estimate of drug-likeness (QED) is 0.552. The van der Waals surface area contributed by atoms with Gasteiger partial charge >= 0.3 is 0 Å². The van der Waals surface area contributed by atoms with Crippen LogP contribution < -0.4 is 0 Å². The van der Waals surface area contributed by atoms with Crippen LogP contribution in [0, 0.1) is 20.8 Å². The molecule has 3 aromatic rings. The van der Waals surface area contributed by atoms with Gasteiger partial charge in [0.1, 0.15) is 5.15 Å². The Labute approximate surface area is 133 Å². The minimum absolute atomic E-state index is 0.471. The number of nitrogens with zero attached hydrogens (tertiary/aromatic N) is 2. The molecule has 0 atom stereocenters. The van der Waals surface area contributed by atoms with Gasteiger partial charge in [-0.15, -0.1) is 0 Å². The van der Waals surface area contributed by atoms with E-state index in [1.165, 1.54) is 0 Å². The summed E-state index contributed by atoms with van der Waals surface area (Å²) in [7, 11) is 0. The Hall–Kier alpha value is -1.64. The van der Waals surface area contributed by atoms with Gasteiger partial charge in [0.15, 0.2) is 5.82 Å². The molecule has 0 aliphatic rings. The second kappa shape index (κ2) is 5.28. The van der Waals surface area contributed by atoms with Gasteiger partial charge in [0, 0.05) is 16.0 Å². The van der Waals surface area contributed by atoms with Crippen LogP contribution in [0.3, 0.4) is 0 Å². The van der Waals surface area contributed by atoms with Gasteiger partial charge in [-0.2, -0.15) is 0 Å². The molecular formula is C17H14Cl2N2. The SMILES string of the molecule is Cc1cc(C)c2nc(-c3ccc(C)c(Cl)c3)nc(Cl)c2c1. The molecule has 0 N–H and O–H groups in total. The first kappa shape index (κ1) is 14.3. The Bertz CT molecular complexity index is 857. The highest BCUT2D eigenvalue weighted by molar-refractivity contribution is 6.34. The summed E-state index contributed by atoms with van der Waals surface area (Å²) in [6.45, 7) is 6.04. The number of rotatable bonds is 1. The van der Waals surface area contributed by atoms with Gasteiger partial charge in [-0.25, -0.2) is 9.97 Å². The molecule has 1 aromatic heterocycles. The van der Waals surface area contributed by atoms with Crippen molar-refractivity contribution < 1.29 is 0 Å². The topological polar surface area (TPSA) is 25.8 Å². The van der Waals surface area contributed by atoms with E-state index in [0.717, 1.165) is 33.2 Å². The Morgan fingerprint density at radius 1 is 0.857 bits per heavy atom. The lowest BCUT2D eigenvalue weighted by Crippen LogP contribution is -1.95. The summed E-state index contributed by atoms with van der Waals surface area (Å²) in [6.07, 6.45) is 0. The first-order chi connectivity index (χ1) is 9.95. The molecule has 0 aliphatic heterocycles. The average molecular weight is 317 g/mol. The van der Waals surface area contributed by atoms with Gasteiger partial charge in [0.25, 0.3) is 0 Å². The van der Waals surface area contributed by atoms with Gasteiger partial charge < -0.3 is 0 Å². The summed E-state index contributed by atoms with van der Waals surface area (Å²) in [5, 5.41) is 2.06. The van der Waals surface area contributed by atoms with E-state index in [1.807, 2.05) is 45.0 Å². The first-order valence-electron chi connectivity index (χ1n) is 6.67. The van der Waals surface area contributed by atoms with Crippen LogP contribution in [-0.2, 0) is 0 Å². The van der Waals surface area contributed by atoms with Crippen LogP contribution in [0.2, 0.25) is 10.2 Å². The highest BCUT2D eigenvalue weighted by Crippen LogP contribution is 2.29. The molecule has 106 valence electrons.